The number of esters is 1. The number of methoxy groups -OCH3 is 1. The van der Waals surface area contributed by atoms with E-state index < -0.39 is 5.97 Å². The number of fused-ring (bicyclic) bond motifs is 1. The van der Waals surface area contributed by atoms with E-state index >= 15 is 0 Å². The fourth-order valence-electron chi connectivity index (χ4n) is 2.75. The van der Waals surface area contributed by atoms with Crippen molar-refractivity contribution < 1.29 is 18.7 Å². The van der Waals surface area contributed by atoms with E-state index in [1.54, 1.807) is 25.3 Å². The first-order valence-corrected chi connectivity index (χ1v) is 7.59. The fourth-order valence-corrected chi connectivity index (χ4v) is 2.75. The molecule has 7 heteroatoms. The minimum absolute atomic E-state index is 0.190. The summed E-state index contributed by atoms with van der Waals surface area (Å²) in [6, 6.07) is 3.34. The highest BCUT2D eigenvalue weighted by molar-refractivity contribution is 6.06. The summed E-state index contributed by atoms with van der Waals surface area (Å²) in [5, 5.41) is 4.24. The van der Waals surface area contributed by atoms with Crippen LogP contribution in [0, 0.1) is 6.92 Å². The molecule has 7 nitrogen and oxygen atoms in total. The van der Waals surface area contributed by atoms with Gasteiger partial charge < -0.3 is 9.15 Å². The van der Waals surface area contributed by atoms with Crippen molar-refractivity contribution in [2.75, 3.05) is 7.11 Å². The molecule has 0 aromatic carbocycles. The van der Waals surface area contributed by atoms with Crippen LogP contribution in [0.3, 0.4) is 0 Å². The molecule has 1 amide bonds. The zero-order chi connectivity index (χ0) is 17.1. The Morgan fingerprint density at radius 3 is 2.92 bits per heavy atom. The van der Waals surface area contributed by atoms with Gasteiger partial charge in [0.25, 0.3) is 5.91 Å². The number of carbonyl (C=O) groups is 2. The van der Waals surface area contributed by atoms with Crippen LogP contribution in [0.25, 0.3) is 0 Å². The second-order valence-corrected chi connectivity index (χ2v) is 5.44. The molecule has 1 aliphatic carbocycles. The number of ether oxygens (including phenoxy) is 1. The van der Waals surface area contributed by atoms with E-state index in [0.717, 1.165) is 18.4 Å². The molecule has 0 spiro atoms. The average molecular weight is 327 g/mol. The first kappa shape index (κ1) is 15.9. The molecule has 0 saturated heterocycles. The van der Waals surface area contributed by atoms with Crippen LogP contribution in [0.15, 0.2) is 34.0 Å². The third-order valence-corrected chi connectivity index (χ3v) is 3.91. The van der Waals surface area contributed by atoms with Crippen LogP contribution in [-0.4, -0.2) is 29.7 Å². The largest absolute Gasteiger partial charge is 0.463 e. The highest BCUT2D eigenvalue weighted by Gasteiger charge is 2.28. The topological polar surface area (TPSA) is 93.8 Å². The van der Waals surface area contributed by atoms with E-state index in [1.165, 1.54) is 13.3 Å². The van der Waals surface area contributed by atoms with Crippen molar-refractivity contribution in [3.63, 3.8) is 0 Å². The molecular weight excluding hydrogens is 310 g/mol. The molecule has 2 heterocycles. The number of amides is 1. The quantitative estimate of drug-likeness (QED) is 0.689. The number of pyridine rings is 1. The Morgan fingerprint density at radius 2 is 2.21 bits per heavy atom. The van der Waals surface area contributed by atoms with Gasteiger partial charge in [0, 0.05) is 29.9 Å². The van der Waals surface area contributed by atoms with Gasteiger partial charge in [-0.1, -0.05) is 0 Å². The molecule has 0 bridgehead atoms. The molecule has 0 fully saturated rings. The van der Waals surface area contributed by atoms with Crippen molar-refractivity contribution in [1.29, 1.82) is 0 Å². The smallest absolute Gasteiger partial charge is 0.374 e. The second kappa shape index (κ2) is 6.66. The first-order chi connectivity index (χ1) is 11.6. The molecule has 2 aromatic heterocycles. The summed E-state index contributed by atoms with van der Waals surface area (Å²) < 4.78 is 10.4. The summed E-state index contributed by atoms with van der Waals surface area (Å²) in [4.78, 5) is 27.8. The SMILES string of the molecule is COC(=O)c1oc2c(c1C)/C(=N/NC(=O)c1cccnc1)CCC2. The summed E-state index contributed by atoms with van der Waals surface area (Å²) in [7, 11) is 1.31. The Balaban J connectivity index is 1.88. The molecule has 0 saturated carbocycles. The number of hydrogen-bond acceptors (Lipinski definition) is 6. The van der Waals surface area contributed by atoms with Gasteiger partial charge in [0.05, 0.1) is 18.4 Å². The molecule has 0 aliphatic heterocycles. The highest BCUT2D eigenvalue weighted by atomic mass is 16.5. The molecule has 3 rings (SSSR count). The average Bonchev–Trinajstić information content (AvgIpc) is 2.97. The highest BCUT2D eigenvalue weighted by Crippen LogP contribution is 2.30. The van der Waals surface area contributed by atoms with Crippen molar-refractivity contribution >= 4 is 17.6 Å². The van der Waals surface area contributed by atoms with Crippen LogP contribution < -0.4 is 5.43 Å². The fraction of sp³-hybridized carbons (Fsp3) is 0.294. The van der Waals surface area contributed by atoms with Crippen LogP contribution >= 0.6 is 0 Å². The number of aromatic nitrogens is 1. The van der Waals surface area contributed by atoms with Gasteiger partial charge in [0.2, 0.25) is 5.76 Å². The summed E-state index contributed by atoms with van der Waals surface area (Å²) in [6.45, 7) is 1.79. The van der Waals surface area contributed by atoms with E-state index in [2.05, 4.69) is 15.5 Å². The van der Waals surface area contributed by atoms with Gasteiger partial charge in [-0.25, -0.2) is 10.2 Å². The van der Waals surface area contributed by atoms with Gasteiger partial charge in [-0.15, -0.1) is 0 Å². The molecule has 2 aromatic rings. The zero-order valence-electron chi connectivity index (χ0n) is 13.5. The van der Waals surface area contributed by atoms with Crippen LogP contribution in [0.4, 0.5) is 0 Å². The van der Waals surface area contributed by atoms with Crippen LogP contribution in [0.2, 0.25) is 0 Å². The number of hydrogen-bond donors (Lipinski definition) is 1. The maximum Gasteiger partial charge on any atom is 0.374 e. The lowest BCUT2D eigenvalue weighted by Crippen LogP contribution is -2.22. The number of nitrogens with zero attached hydrogens (tertiary/aromatic N) is 2. The van der Waals surface area contributed by atoms with Gasteiger partial charge >= 0.3 is 5.97 Å². The zero-order valence-corrected chi connectivity index (χ0v) is 13.5. The normalized spacial score (nSPS) is 15.0. The molecule has 124 valence electrons. The number of rotatable bonds is 3. The molecule has 0 atom stereocenters. The lowest BCUT2D eigenvalue weighted by Gasteiger charge is -2.13. The van der Waals surface area contributed by atoms with Gasteiger partial charge in [-0.3, -0.25) is 9.78 Å². The van der Waals surface area contributed by atoms with E-state index in [-0.39, 0.29) is 11.7 Å². The second-order valence-electron chi connectivity index (χ2n) is 5.44. The monoisotopic (exact) mass is 327 g/mol. The number of furan rings is 1. The maximum atomic E-state index is 12.1. The van der Waals surface area contributed by atoms with Gasteiger partial charge in [-0.05, 0) is 31.9 Å². The van der Waals surface area contributed by atoms with Gasteiger partial charge in [0.15, 0.2) is 0 Å². The Morgan fingerprint density at radius 1 is 1.38 bits per heavy atom. The lowest BCUT2D eigenvalue weighted by atomic mass is 9.93. The maximum absolute atomic E-state index is 12.1. The van der Waals surface area contributed by atoms with Gasteiger partial charge in [0.1, 0.15) is 5.76 Å². The van der Waals surface area contributed by atoms with E-state index in [4.69, 9.17) is 9.15 Å². The summed E-state index contributed by atoms with van der Waals surface area (Å²) in [5.41, 5.74) is 5.14. The van der Waals surface area contributed by atoms with E-state index in [9.17, 15) is 9.59 Å². The van der Waals surface area contributed by atoms with Crippen LogP contribution in [0.5, 0.6) is 0 Å². The summed E-state index contributed by atoms with van der Waals surface area (Å²) in [6.07, 6.45) is 5.33. The van der Waals surface area contributed by atoms with Gasteiger partial charge in [-0.2, -0.15) is 5.10 Å². The lowest BCUT2D eigenvalue weighted by molar-refractivity contribution is 0.0561. The number of aryl methyl sites for hydroxylation is 1. The van der Waals surface area contributed by atoms with Crippen LogP contribution in [0.1, 0.15) is 50.6 Å². The van der Waals surface area contributed by atoms with Crippen molar-refractivity contribution in [1.82, 2.24) is 10.4 Å². The molecule has 0 radical (unpaired) electrons. The Hall–Kier alpha value is -2.96. The van der Waals surface area contributed by atoms with E-state index in [0.29, 0.717) is 29.0 Å². The Bertz CT molecular complexity index is 809. The minimum atomic E-state index is -0.513. The predicted molar refractivity (Wildman–Crippen MR) is 86.0 cm³/mol. The number of carbonyl (C=O) groups excluding carboxylic acids is 2. The Kier molecular flexibility index (Phi) is 4.41. The van der Waals surface area contributed by atoms with Crippen LogP contribution in [-0.2, 0) is 11.2 Å². The van der Waals surface area contributed by atoms with E-state index in [1.807, 2.05) is 0 Å². The minimum Gasteiger partial charge on any atom is -0.463 e. The number of nitrogens with one attached hydrogen (secondary N) is 1. The summed E-state index contributed by atoms with van der Waals surface area (Å²) in [5.74, 6) is 0.0434. The molecule has 1 N–H and O–H groups in total. The summed E-state index contributed by atoms with van der Waals surface area (Å²) >= 11 is 0. The molecule has 1 aliphatic rings. The van der Waals surface area contributed by atoms with Crippen molar-refractivity contribution in [3.05, 3.63) is 52.7 Å². The first-order valence-electron chi connectivity index (χ1n) is 7.59. The number of hydrazone groups is 1. The third kappa shape index (κ3) is 2.92. The Labute approximate surface area is 138 Å². The van der Waals surface area contributed by atoms with Crippen molar-refractivity contribution in [3.8, 4) is 0 Å². The standard InChI is InChI=1S/C17H17N3O4/c1-10-14-12(19-20-16(21)11-5-4-8-18-9-11)6-3-7-13(14)24-15(10)17(22)23-2/h4-5,8-9H,3,6-7H2,1-2H3,(H,20,21)/b19-12+. The van der Waals surface area contributed by atoms with Crippen molar-refractivity contribution in [2.24, 2.45) is 5.10 Å². The predicted octanol–water partition coefficient (Wildman–Crippen LogP) is 2.24. The third-order valence-electron chi connectivity index (χ3n) is 3.91. The molecule has 0 unspecified atom stereocenters. The molecule has 24 heavy (non-hydrogen) atoms. The molecular formula is C17H17N3O4. The van der Waals surface area contributed by atoms with Crippen molar-refractivity contribution in [2.45, 2.75) is 26.2 Å².